The molecule has 0 aliphatic heterocycles. The molecule has 1 heterocycles. The van der Waals surface area contributed by atoms with Crippen molar-refractivity contribution in [2.24, 2.45) is 0 Å². The highest BCUT2D eigenvalue weighted by atomic mass is 32.2. The topological polar surface area (TPSA) is 45.8 Å². The van der Waals surface area contributed by atoms with Gasteiger partial charge in [0, 0.05) is 29.9 Å². The fourth-order valence-corrected chi connectivity index (χ4v) is 3.55. The van der Waals surface area contributed by atoms with Crippen LogP contribution >= 0.6 is 11.8 Å². The van der Waals surface area contributed by atoms with Crippen molar-refractivity contribution in [1.82, 2.24) is 9.97 Å². The number of carbonyl (C=O) groups is 1. The molecule has 0 fully saturated rings. The number of thioether (sulfide) groups is 1. The molecule has 0 saturated carbocycles. The first-order valence-corrected chi connectivity index (χ1v) is 9.51. The molecule has 0 unspecified atom stereocenters. The number of carbonyl (C=O) groups excluding carboxylic acids is 1. The van der Waals surface area contributed by atoms with E-state index in [1.165, 1.54) is 5.56 Å². The van der Waals surface area contributed by atoms with Gasteiger partial charge in [0.05, 0.1) is 5.69 Å². The van der Waals surface area contributed by atoms with E-state index in [1.54, 1.807) is 11.8 Å². The van der Waals surface area contributed by atoms with Crippen molar-refractivity contribution in [3.8, 4) is 0 Å². The Bertz CT molecular complexity index is 812. The van der Waals surface area contributed by atoms with Crippen LogP contribution in [0.4, 0.5) is 0 Å². The molecule has 1 aromatic heterocycles. The highest BCUT2D eigenvalue weighted by molar-refractivity contribution is 7.99. The largest absolute Gasteiger partial charge is 0.337 e. The van der Waals surface area contributed by atoms with Gasteiger partial charge in [-0.05, 0) is 18.9 Å². The molecule has 1 N–H and O–H groups in total. The van der Waals surface area contributed by atoms with Crippen LogP contribution in [0.5, 0.6) is 0 Å². The molecule has 3 nitrogen and oxygen atoms in total. The van der Waals surface area contributed by atoms with Gasteiger partial charge < -0.3 is 4.98 Å². The number of aryl methyl sites for hydroxylation is 1. The summed E-state index contributed by atoms with van der Waals surface area (Å²) in [7, 11) is 0. The lowest BCUT2D eigenvalue weighted by Gasteiger charge is -2.00. The van der Waals surface area contributed by atoms with Crippen LogP contribution in [0.25, 0.3) is 0 Å². The number of hydrogen-bond acceptors (Lipinski definition) is 3. The second-order valence-electron chi connectivity index (χ2n) is 6.02. The third kappa shape index (κ3) is 5.07. The van der Waals surface area contributed by atoms with E-state index in [0.717, 1.165) is 40.7 Å². The summed E-state index contributed by atoms with van der Waals surface area (Å²) in [6.07, 6.45) is 2.27. The molecule has 0 spiro atoms. The molecule has 3 aromatic rings. The number of ketones is 1. The van der Waals surface area contributed by atoms with Gasteiger partial charge in [-0.2, -0.15) is 0 Å². The lowest BCUT2D eigenvalue weighted by atomic mass is 10.1. The average Bonchev–Trinajstić information content (AvgIpc) is 2.99. The predicted octanol–water partition coefficient (Wildman–Crippen LogP) is 5.06. The highest BCUT2D eigenvalue weighted by Gasteiger charge is 2.09. The van der Waals surface area contributed by atoms with Gasteiger partial charge in [-0.1, -0.05) is 72.4 Å². The summed E-state index contributed by atoms with van der Waals surface area (Å²) in [4.78, 5) is 20.1. The Labute approximate surface area is 152 Å². The number of aromatic amines is 1. The van der Waals surface area contributed by atoms with E-state index < -0.39 is 0 Å². The van der Waals surface area contributed by atoms with Crippen molar-refractivity contribution in [3.05, 3.63) is 83.2 Å². The van der Waals surface area contributed by atoms with Gasteiger partial charge in [0.2, 0.25) is 0 Å². The van der Waals surface area contributed by atoms with Crippen LogP contribution in [-0.4, -0.2) is 21.5 Å². The van der Waals surface area contributed by atoms with Crippen LogP contribution in [-0.2, 0) is 6.42 Å². The molecular formula is C21H22N2OS. The van der Waals surface area contributed by atoms with E-state index in [-0.39, 0.29) is 5.78 Å². The summed E-state index contributed by atoms with van der Waals surface area (Å²) in [5.74, 6) is 1.10. The summed E-state index contributed by atoms with van der Waals surface area (Å²) < 4.78 is 0. The zero-order valence-corrected chi connectivity index (χ0v) is 15.2. The maximum Gasteiger partial charge on any atom is 0.165 e. The van der Waals surface area contributed by atoms with E-state index in [0.29, 0.717) is 6.42 Å². The summed E-state index contributed by atoms with van der Waals surface area (Å²) in [5.41, 5.74) is 4.27. The summed E-state index contributed by atoms with van der Waals surface area (Å²) in [5, 5.41) is 0.940. The van der Waals surface area contributed by atoms with Gasteiger partial charge >= 0.3 is 0 Å². The number of H-pyrrole nitrogens is 1. The van der Waals surface area contributed by atoms with Gasteiger partial charge in [-0.15, -0.1) is 0 Å². The first-order chi connectivity index (χ1) is 12.2. The minimum absolute atomic E-state index is 0.210. The normalized spacial score (nSPS) is 10.8. The highest BCUT2D eigenvalue weighted by Crippen LogP contribution is 2.20. The molecule has 0 aliphatic rings. The van der Waals surface area contributed by atoms with Crippen molar-refractivity contribution in [2.75, 3.05) is 5.75 Å². The maximum atomic E-state index is 12.1. The fourth-order valence-electron chi connectivity index (χ4n) is 2.67. The minimum atomic E-state index is 0.210. The number of Topliss-reactive ketones (excluding diaryl/α,β-unsaturated/α-hetero) is 1. The molecule has 2 aromatic carbocycles. The van der Waals surface area contributed by atoms with Crippen LogP contribution in [0.2, 0.25) is 0 Å². The molecule has 25 heavy (non-hydrogen) atoms. The number of nitrogens with zero attached hydrogens (tertiary/aromatic N) is 1. The van der Waals surface area contributed by atoms with Crippen molar-refractivity contribution >= 4 is 17.5 Å². The van der Waals surface area contributed by atoms with E-state index in [4.69, 9.17) is 4.98 Å². The van der Waals surface area contributed by atoms with Crippen LogP contribution in [0.3, 0.4) is 0 Å². The molecule has 0 atom stereocenters. The van der Waals surface area contributed by atoms with Gasteiger partial charge in [-0.3, -0.25) is 4.79 Å². The van der Waals surface area contributed by atoms with E-state index in [2.05, 4.69) is 36.2 Å². The van der Waals surface area contributed by atoms with Gasteiger partial charge in [0.25, 0.3) is 0 Å². The first kappa shape index (κ1) is 17.5. The molecule has 0 saturated heterocycles. The van der Waals surface area contributed by atoms with Crippen molar-refractivity contribution < 1.29 is 4.79 Å². The van der Waals surface area contributed by atoms with E-state index in [9.17, 15) is 4.79 Å². The second kappa shape index (κ2) is 8.67. The van der Waals surface area contributed by atoms with Crippen LogP contribution < -0.4 is 0 Å². The minimum Gasteiger partial charge on any atom is -0.337 e. The van der Waals surface area contributed by atoms with Crippen LogP contribution in [0, 0.1) is 6.92 Å². The van der Waals surface area contributed by atoms with E-state index >= 15 is 0 Å². The predicted molar refractivity (Wildman–Crippen MR) is 103 cm³/mol. The molecule has 0 aliphatic carbocycles. The number of hydrogen-bond donors (Lipinski definition) is 1. The van der Waals surface area contributed by atoms with Crippen molar-refractivity contribution in [3.63, 3.8) is 0 Å². The SMILES string of the molecule is Cc1[nH]c(SCCCC(=O)c2ccccc2)nc1Cc1ccccc1. The third-order valence-electron chi connectivity index (χ3n) is 4.06. The fraction of sp³-hybridized carbons (Fsp3) is 0.238. The quantitative estimate of drug-likeness (QED) is 0.351. The smallest absolute Gasteiger partial charge is 0.165 e. The number of benzene rings is 2. The second-order valence-corrected chi connectivity index (χ2v) is 7.10. The molecule has 3 rings (SSSR count). The van der Waals surface area contributed by atoms with Crippen LogP contribution in [0.1, 0.15) is 40.2 Å². The monoisotopic (exact) mass is 350 g/mol. The molecule has 0 bridgehead atoms. The Kier molecular flexibility index (Phi) is 6.07. The molecule has 4 heteroatoms. The Morgan fingerprint density at radius 1 is 1.04 bits per heavy atom. The molecular weight excluding hydrogens is 328 g/mol. The zero-order chi connectivity index (χ0) is 17.5. The standard InChI is InChI=1S/C21H22N2OS/c1-16-19(15-17-9-4-2-5-10-17)23-21(22-16)25-14-8-13-20(24)18-11-6-3-7-12-18/h2-7,9-12H,8,13-15H2,1H3,(H,22,23). The number of aromatic nitrogens is 2. The van der Waals surface area contributed by atoms with Gasteiger partial charge in [-0.25, -0.2) is 4.98 Å². The van der Waals surface area contributed by atoms with Crippen molar-refractivity contribution in [2.45, 2.75) is 31.3 Å². The number of rotatable bonds is 8. The number of imidazole rings is 1. The Morgan fingerprint density at radius 2 is 1.72 bits per heavy atom. The molecule has 0 amide bonds. The van der Waals surface area contributed by atoms with Crippen LogP contribution in [0.15, 0.2) is 65.8 Å². The summed E-state index contributed by atoms with van der Waals surface area (Å²) in [6.45, 7) is 2.06. The average molecular weight is 350 g/mol. The van der Waals surface area contributed by atoms with Crippen molar-refractivity contribution in [1.29, 1.82) is 0 Å². The van der Waals surface area contributed by atoms with E-state index in [1.807, 2.05) is 36.4 Å². The van der Waals surface area contributed by atoms with Gasteiger partial charge in [0.15, 0.2) is 10.9 Å². The number of nitrogens with one attached hydrogen (secondary N) is 1. The summed E-state index contributed by atoms with van der Waals surface area (Å²) >= 11 is 1.68. The maximum absolute atomic E-state index is 12.1. The first-order valence-electron chi connectivity index (χ1n) is 8.53. The Balaban J connectivity index is 1.47. The Hall–Kier alpha value is -2.33. The lowest BCUT2D eigenvalue weighted by Crippen LogP contribution is -1.99. The molecule has 0 radical (unpaired) electrons. The Morgan fingerprint density at radius 3 is 2.44 bits per heavy atom. The zero-order valence-electron chi connectivity index (χ0n) is 14.4. The lowest BCUT2D eigenvalue weighted by molar-refractivity contribution is 0.0982. The third-order valence-corrected chi connectivity index (χ3v) is 5.02. The van der Waals surface area contributed by atoms with Gasteiger partial charge in [0.1, 0.15) is 0 Å². The summed E-state index contributed by atoms with van der Waals surface area (Å²) in [6, 6.07) is 19.9. The molecule has 128 valence electrons.